The molecule has 0 aliphatic heterocycles. The summed E-state index contributed by atoms with van der Waals surface area (Å²) in [5.74, 6) is -0.549. The second kappa shape index (κ2) is 7.97. The largest absolute Gasteiger partial charge is 0.476 e. The standard InChI is InChI=1S/C22H18F2N6O2/c1-2-32-22-20-17(3-4-30(20)27-12-26-22)14-7-18-21(25-9-14)28-19(11-31)29(18)10-13-5-15(23)8-16(24)6-13/h3-9,12,31H,2,10-11H2,1H3. The number of rotatable bonds is 6. The Balaban J connectivity index is 1.66. The number of aliphatic hydroxyl groups is 1. The summed E-state index contributed by atoms with van der Waals surface area (Å²) in [4.78, 5) is 13.0. The van der Waals surface area contributed by atoms with Crippen molar-refractivity contribution in [2.45, 2.75) is 20.1 Å². The lowest BCUT2D eigenvalue weighted by Crippen LogP contribution is -2.06. The minimum absolute atomic E-state index is 0.121. The SMILES string of the molecule is CCOc1ncnn2ccc(-c3cnc4nc(CO)n(Cc5cc(F)cc(F)c5)c4c3)c12. The molecule has 0 spiro atoms. The first kappa shape index (κ1) is 20.0. The fourth-order valence-electron chi connectivity index (χ4n) is 3.78. The summed E-state index contributed by atoms with van der Waals surface area (Å²) in [5.41, 5.74) is 3.69. The molecule has 162 valence electrons. The maximum absolute atomic E-state index is 13.7. The van der Waals surface area contributed by atoms with E-state index in [2.05, 4.69) is 20.1 Å². The first-order valence-corrected chi connectivity index (χ1v) is 9.94. The number of hydrogen-bond acceptors (Lipinski definition) is 6. The normalized spacial score (nSPS) is 11.5. The predicted molar refractivity (Wildman–Crippen MR) is 112 cm³/mol. The van der Waals surface area contributed by atoms with Crippen molar-refractivity contribution in [1.82, 2.24) is 29.1 Å². The van der Waals surface area contributed by atoms with E-state index in [0.717, 1.165) is 17.2 Å². The molecule has 5 rings (SSSR count). The van der Waals surface area contributed by atoms with Gasteiger partial charge in [-0.3, -0.25) is 0 Å². The monoisotopic (exact) mass is 436 g/mol. The van der Waals surface area contributed by atoms with Crippen LogP contribution in [0.25, 0.3) is 27.8 Å². The van der Waals surface area contributed by atoms with E-state index in [0.29, 0.717) is 40.6 Å². The zero-order chi connectivity index (χ0) is 22.2. The van der Waals surface area contributed by atoms with Crippen molar-refractivity contribution in [1.29, 1.82) is 0 Å². The van der Waals surface area contributed by atoms with Crippen molar-refractivity contribution >= 4 is 16.7 Å². The van der Waals surface area contributed by atoms with Crippen LogP contribution in [-0.2, 0) is 13.2 Å². The fourth-order valence-corrected chi connectivity index (χ4v) is 3.78. The van der Waals surface area contributed by atoms with Crippen LogP contribution >= 0.6 is 0 Å². The molecule has 0 aliphatic carbocycles. The zero-order valence-corrected chi connectivity index (χ0v) is 17.0. The predicted octanol–water partition coefficient (Wildman–Crippen LogP) is 3.36. The Kier molecular flexibility index (Phi) is 4.98. The topological polar surface area (TPSA) is 90.4 Å². The minimum atomic E-state index is -0.669. The molecule has 8 nitrogen and oxygen atoms in total. The highest BCUT2D eigenvalue weighted by Gasteiger charge is 2.17. The maximum Gasteiger partial charge on any atom is 0.242 e. The number of benzene rings is 1. The van der Waals surface area contributed by atoms with Crippen molar-refractivity contribution in [3.63, 3.8) is 0 Å². The summed E-state index contributed by atoms with van der Waals surface area (Å²) in [6.45, 7) is 2.10. The van der Waals surface area contributed by atoms with E-state index >= 15 is 0 Å². The summed E-state index contributed by atoms with van der Waals surface area (Å²) < 4.78 is 36.4. The molecule has 1 aromatic carbocycles. The Morgan fingerprint density at radius 3 is 2.66 bits per heavy atom. The minimum Gasteiger partial charge on any atom is -0.476 e. The first-order valence-electron chi connectivity index (χ1n) is 9.94. The second-order valence-corrected chi connectivity index (χ2v) is 7.14. The molecule has 0 saturated heterocycles. The number of fused-ring (bicyclic) bond motifs is 2. The van der Waals surface area contributed by atoms with Gasteiger partial charge < -0.3 is 14.4 Å². The van der Waals surface area contributed by atoms with Crippen molar-refractivity contribution < 1.29 is 18.6 Å². The van der Waals surface area contributed by atoms with E-state index in [4.69, 9.17) is 4.74 Å². The highest BCUT2D eigenvalue weighted by molar-refractivity contribution is 5.87. The smallest absolute Gasteiger partial charge is 0.242 e. The highest BCUT2D eigenvalue weighted by atomic mass is 19.1. The first-order chi connectivity index (χ1) is 15.6. The van der Waals surface area contributed by atoms with Crippen LogP contribution in [0.15, 0.2) is 49.1 Å². The number of imidazole rings is 1. The number of ether oxygens (including phenoxy) is 1. The van der Waals surface area contributed by atoms with Crippen molar-refractivity contribution in [2.75, 3.05) is 6.61 Å². The van der Waals surface area contributed by atoms with Gasteiger partial charge in [0.1, 0.15) is 35.9 Å². The Hall–Kier alpha value is -3.92. The van der Waals surface area contributed by atoms with E-state index in [-0.39, 0.29) is 13.2 Å². The molecule has 10 heteroatoms. The summed E-state index contributed by atoms with van der Waals surface area (Å²) in [5, 5.41) is 14.0. The third-order valence-corrected chi connectivity index (χ3v) is 5.10. The van der Waals surface area contributed by atoms with Gasteiger partial charge in [0.15, 0.2) is 5.65 Å². The number of aliphatic hydroxyl groups excluding tert-OH is 1. The van der Waals surface area contributed by atoms with Crippen LogP contribution in [0.2, 0.25) is 0 Å². The fraction of sp³-hybridized carbons (Fsp3) is 0.182. The van der Waals surface area contributed by atoms with Crippen molar-refractivity contribution in [3.8, 4) is 17.0 Å². The van der Waals surface area contributed by atoms with Crippen LogP contribution in [0, 0.1) is 11.6 Å². The number of nitrogens with zero attached hydrogens (tertiary/aromatic N) is 6. The lowest BCUT2D eigenvalue weighted by molar-refractivity contribution is 0.267. The molecule has 0 fully saturated rings. The summed E-state index contributed by atoms with van der Waals surface area (Å²) >= 11 is 0. The molecule has 4 aromatic heterocycles. The van der Waals surface area contributed by atoms with Crippen LogP contribution in [-0.4, -0.2) is 40.8 Å². The lowest BCUT2D eigenvalue weighted by atomic mass is 10.1. The van der Waals surface area contributed by atoms with Gasteiger partial charge in [-0.1, -0.05) is 0 Å². The van der Waals surface area contributed by atoms with Gasteiger partial charge in [-0.25, -0.2) is 23.3 Å². The van der Waals surface area contributed by atoms with Crippen LogP contribution in [0.3, 0.4) is 0 Å². The highest BCUT2D eigenvalue weighted by Crippen LogP contribution is 2.32. The number of pyridine rings is 1. The average molecular weight is 436 g/mol. The summed E-state index contributed by atoms with van der Waals surface area (Å²) in [7, 11) is 0. The van der Waals surface area contributed by atoms with Gasteiger partial charge in [0.2, 0.25) is 5.88 Å². The third kappa shape index (κ3) is 3.44. The molecule has 4 heterocycles. The Morgan fingerprint density at radius 2 is 1.91 bits per heavy atom. The van der Waals surface area contributed by atoms with Crippen molar-refractivity contribution in [3.05, 3.63) is 72.1 Å². The maximum atomic E-state index is 13.7. The number of aromatic nitrogens is 6. The Morgan fingerprint density at radius 1 is 1.09 bits per heavy atom. The molecule has 5 aromatic rings. The Bertz CT molecular complexity index is 1430. The van der Waals surface area contributed by atoms with Gasteiger partial charge in [-0.05, 0) is 36.8 Å². The number of hydrogen-bond donors (Lipinski definition) is 1. The molecule has 0 aliphatic rings. The van der Waals surface area contributed by atoms with Gasteiger partial charge in [0, 0.05) is 36.1 Å². The van der Waals surface area contributed by atoms with Crippen LogP contribution in [0.4, 0.5) is 8.78 Å². The third-order valence-electron chi connectivity index (χ3n) is 5.10. The van der Waals surface area contributed by atoms with Gasteiger partial charge in [0.05, 0.1) is 12.1 Å². The molecule has 0 amide bonds. The van der Waals surface area contributed by atoms with E-state index in [1.165, 1.54) is 18.5 Å². The van der Waals surface area contributed by atoms with E-state index in [9.17, 15) is 13.9 Å². The molecule has 0 bridgehead atoms. The van der Waals surface area contributed by atoms with Crippen LogP contribution in [0.1, 0.15) is 18.3 Å². The Labute approximate surface area is 180 Å². The molecule has 0 atom stereocenters. The van der Waals surface area contributed by atoms with Crippen LogP contribution in [0.5, 0.6) is 5.88 Å². The molecule has 0 unspecified atom stereocenters. The van der Waals surface area contributed by atoms with E-state index < -0.39 is 11.6 Å². The average Bonchev–Trinajstić information content (AvgIpc) is 3.35. The quantitative estimate of drug-likeness (QED) is 0.439. The van der Waals surface area contributed by atoms with E-state index in [1.807, 2.05) is 19.1 Å². The lowest BCUT2D eigenvalue weighted by Gasteiger charge is -2.10. The molecular weight excluding hydrogens is 418 g/mol. The van der Waals surface area contributed by atoms with Gasteiger partial charge >= 0.3 is 0 Å². The van der Waals surface area contributed by atoms with Crippen LogP contribution < -0.4 is 4.74 Å². The molecule has 32 heavy (non-hydrogen) atoms. The van der Waals surface area contributed by atoms with E-state index in [1.54, 1.807) is 21.5 Å². The zero-order valence-electron chi connectivity index (χ0n) is 17.0. The van der Waals surface area contributed by atoms with Gasteiger partial charge in [-0.15, -0.1) is 0 Å². The van der Waals surface area contributed by atoms with Crippen molar-refractivity contribution in [2.24, 2.45) is 0 Å². The van der Waals surface area contributed by atoms with Gasteiger partial charge in [-0.2, -0.15) is 10.1 Å². The van der Waals surface area contributed by atoms with Gasteiger partial charge in [0.25, 0.3) is 0 Å². The second-order valence-electron chi connectivity index (χ2n) is 7.14. The number of halogens is 2. The molecule has 0 radical (unpaired) electrons. The molecular formula is C22H18F2N6O2. The molecule has 0 saturated carbocycles. The molecule has 1 N–H and O–H groups in total. The summed E-state index contributed by atoms with van der Waals surface area (Å²) in [6.07, 6.45) is 4.88. The summed E-state index contributed by atoms with van der Waals surface area (Å²) in [6, 6.07) is 7.06.